The Morgan fingerprint density at radius 3 is 2.75 bits per heavy atom. The molecule has 2 aromatic carbocycles. The lowest BCUT2D eigenvalue weighted by Gasteiger charge is -2.11. The summed E-state index contributed by atoms with van der Waals surface area (Å²) in [5, 5.41) is 3.03. The number of nitrogens with one attached hydrogen (secondary N) is 1. The maximum atomic E-state index is 13.6. The molecule has 2 aromatic rings. The van der Waals surface area contributed by atoms with E-state index in [-0.39, 0.29) is 5.82 Å². The number of methoxy groups -OCH3 is 1. The molecule has 0 bridgehead atoms. The first kappa shape index (κ1) is 14.7. The zero-order valence-corrected chi connectivity index (χ0v) is 12.7. The van der Waals surface area contributed by atoms with E-state index in [2.05, 4.69) is 21.2 Å². The highest BCUT2D eigenvalue weighted by atomic mass is 79.9. The molecule has 0 atom stereocenters. The molecule has 0 radical (unpaired) electrons. The molecule has 0 saturated carbocycles. The third kappa shape index (κ3) is 3.42. The molecule has 0 fully saturated rings. The standard InChI is InChI=1S/C15H16BrFN2O/c1-20-14-6-5-10(9-11(14)16)7-8-19-15-12(17)3-2-4-13(15)18/h2-6,9,19H,7-8,18H2,1H3. The second-order valence-electron chi connectivity index (χ2n) is 4.35. The van der Waals surface area contributed by atoms with Gasteiger partial charge >= 0.3 is 0 Å². The molecule has 0 aliphatic carbocycles. The summed E-state index contributed by atoms with van der Waals surface area (Å²) in [6.45, 7) is 0.601. The van der Waals surface area contributed by atoms with Crippen molar-refractivity contribution in [2.45, 2.75) is 6.42 Å². The summed E-state index contributed by atoms with van der Waals surface area (Å²) in [6, 6.07) is 10.5. The second kappa shape index (κ2) is 6.61. The molecule has 2 rings (SSSR count). The number of benzene rings is 2. The van der Waals surface area contributed by atoms with E-state index in [1.165, 1.54) is 6.07 Å². The molecule has 0 unspecified atom stereocenters. The number of nitrogen functional groups attached to an aromatic ring is 1. The smallest absolute Gasteiger partial charge is 0.148 e. The van der Waals surface area contributed by atoms with Gasteiger partial charge in [-0.25, -0.2) is 4.39 Å². The van der Waals surface area contributed by atoms with Crippen LogP contribution in [0.3, 0.4) is 0 Å². The first-order valence-electron chi connectivity index (χ1n) is 6.22. The van der Waals surface area contributed by atoms with Crippen LogP contribution in [0.15, 0.2) is 40.9 Å². The summed E-state index contributed by atoms with van der Waals surface area (Å²) in [7, 11) is 1.63. The number of halogens is 2. The van der Waals surface area contributed by atoms with Crippen LogP contribution in [0.5, 0.6) is 5.75 Å². The molecule has 0 aliphatic heterocycles. The number of para-hydroxylation sites is 1. The largest absolute Gasteiger partial charge is 0.496 e. The lowest BCUT2D eigenvalue weighted by atomic mass is 10.1. The molecule has 3 nitrogen and oxygen atoms in total. The lowest BCUT2D eigenvalue weighted by Crippen LogP contribution is -2.08. The van der Waals surface area contributed by atoms with Crippen molar-refractivity contribution < 1.29 is 9.13 Å². The summed E-state index contributed by atoms with van der Waals surface area (Å²) in [5.41, 5.74) is 7.64. The van der Waals surface area contributed by atoms with Crippen molar-refractivity contribution in [3.8, 4) is 5.75 Å². The van der Waals surface area contributed by atoms with E-state index < -0.39 is 0 Å². The topological polar surface area (TPSA) is 47.3 Å². The fourth-order valence-electron chi connectivity index (χ4n) is 1.92. The summed E-state index contributed by atoms with van der Waals surface area (Å²) < 4.78 is 19.7. The van der Waals surface area contributed by atoms with Gasteiger partial charge in [-0.3, -0.25) is 0 Å². The third-order valence-electron chi connectivity index (χ3n) is 2.98. The molecule has 0 amide bonds. The highest BCUT2D eigenvalue weighted by Crippen LogP contribution is 2.26. The molecular formula is C15H16BrFN2O. The molecule has 20 heavy (non-hydrogen) atoms. The van der Waals surface area contributed by atoms with Crippen molar-refractivity contribution in [1.82, 2.24) is 0 Å². The van der Waals surface area contributed by atoms with Crippen molar-refractivity contribution in [1.29, 1.82) is 0 Å². The van der Waals surface area contributed by atoms with Crippen LogP contribution in [0.4, 0.5) is 15.8 Å². The maximum absolute atomic E-state index is 13.6. The Bertz CT molecular complexity index is 584. The first-order chi connectivity index (χ1) is 9.61. The van der Waals surface area contributed by atoms with Gasteiger partial charge in [-0.15, -0.1) is 0 Å². The predicted octanol–water partition coefficient (Wildman–Crippen LogP) is 3.83. The summed E-state index contributed by atoms with van der Waals surface area (Å²) in [6.07, 6.45) is 0.760. The normalized spacial score (nSPS) is 10.3. The van der Waals surface area contributed by atoms with Crippen molar-refractivity contribution >= 4 is 27.3 Å². The number of rotatable bonds is 5. The fourth-order valence-corrected chi connectivity index (χ4v) is 2.51. The number of nitrogens with two attached hydrogens (primary N) is 1. The van der Waals surface area contributed by atoms with Gasteiger partial charge < -0.3 is 15.8 Å². The fraction of sp³-hybridized carbons (Fsp3) is 0.200. The molecular weight excluding hydrogens is 323 g/mol. The van der Waals surface area contributed by atoms with Gasteiger partial charge in [-0.2, -0.15) is 0 Å². The van der Waals surface area contributed by atoms with Gasteiger partial charge in [0.15, 0.2) is 0 Å². The Labute approximate surface area is 126 Å². The third-order valence-corrected chi connectivity index (χ3v) is 3.60. The van der Waals surface area contributed by atoms with Crippen LogP contribution in [0, 0.1) is 5.82 Å². The monoisotopic (exact) mass is 338 g/mol. The summed E-state index contributed by atoms with van der Waals surface area (Å²) in [4.78, 5) is 0. The Hall–Kier alpha value is -1.75. The molecule has 0 saturated heterocycles. The van der Waals surface area contributed by atoms with Crippen molar-refractivity contribution in [3.05, 3.63) is 52.3 Å². The van der Waals surface area contributed by atoms with Gasteiger partial charge in [-0.05, 0) is 52.2 Å². The summed E-state index contributed by atoms with van der Waals surface area (Å²) >= 11 is 3.44. The average Bonchev–Trinajstić information content (AvgIpc) is 2.42. The Morgan fingerprint density at radius 2 is 2.10 bits per heavy atom. The van der Waals surface area contributed by atoms with Crippen LogP contribution in [-0.2, 0) is 6.42 Å². The highest BCUT2D eigenvalue weighted by molar-refractivity contribution is 9.10. The van der Waals surface area contributed by atoms with Gasteiger partial charge in [0.2, 0.25) is 0 Å². The van der Waals surface area contributed by atoms with E-state index in [9.17, 15) is 4.39 Å². The van der Waals surface area contributed by atoms with Crippen LogP contribution >= 0.6 is 15.9 Å². The van der Waals surface area contributed by atoms with E-state index in [4.69, 9.17) is 10.5 Å². The Morgan fingerprint density at radius 1 is 1.30 bits per heavy atom. The zero-order valence-electron chi connectivity index (χ0n) is 11.1. The average molecular weight is 339 g/mol. The SMILES string of the molecule is COc1ccc(CCNc2c(N)cccc2F)cc1Br. The predicted molar refractivity (Wildman–Crippen MR) is 83.7 cm³/mol. The number of hydrogen-bond acceptors (Lipinski definition) is 3. The van der Waals surface area contributed by atoms with Crippen LogP contribution in [0.2, 0.25) is 0 Å². The highest BCUT2D eigenvalue weighted by Gasteiger charge is 2.05. The van der Waals surface area contributed by atoms with Gasteiger partial charge in [-0.1, -0.05) is 12.1 Å². The zero-order chi connectivity index (χ0) is 14.5. The molecule has 106 valence electrons. The molecule has 0 aliphatic rings. The number of anilines is 2. The first-order valence-corrected chi connectivity index (χ1v) is 7.01. The number of hydrogen-bond donors (Lipinski definition) is 2. The van der Waals surface area contributed by atoms with E-state index in [0.29, 0.717) is 17.9 Å². The maximum Gasteiger partial charge on any atom is 0.148 e. The van der Waals surface area contributed by atoms with Gasteiger partial charge in [0.1, 0.15) is 11.6 Å². The second-order valence-corrected chi connectivity index (χ2v) is 5.20. The van der Waals surface area contributed by atoms with Crippen LogP contribution in [0.25, 0.3) is 0 Å². The Balaban J connectivity index is 1.98. The Kier molecular flexibility index (Phi) is 4.84. The van der Waals surface area contributed by atoms with E-state index in [1.54, 1.807) is 19.2 Å². The van der Waals surface area contributed by atoms with E-state index >= 15 is 0 Å². The molecule has 0 heterocycles. The minimum absolute atomic E-state index is 0.332. The van der Waals surface area contributed by atoms with Gasteiger partial charge in [0.25, 0.3) is 0 Å². The lowest BCUT2D eigenvalue weighted by molar-refractivity contribution is 0.412. The van der Waals surface area contributed by atoms with Crippen molar-refractivity contribution in [3.63, 3.8) is 0 Å². The molecule has 3 N–H and O–H groups in total. The van der Waals surface area contributed by atoms with Crippen LogP contribution in [0.1, 0.15) is 5.56 Å². The van der Waals surface area contributed by atoms with Gasteiger partial charge in [0.05, 0.1) is 23.0 Å². The van der Waals surface area contributed by atoms with Crippen molar-refractivity contribution in [2.75, 3.05) is 24.7 Å². The number of ether oxygens (including phenoxy) is 1. The molecule has 0 spiro atoms. The van der Waals surface area contributed by atoms with Gasteiger partial charge in [0, 0.05) is 6.54 Å². The van der Waals surface area contributed by atoms with Crippen LogP contribution in [-0.4, -0.2) is 13.7 Å². The van der Waals surface area contributed by atoms with Crippen LogP contribution < -0.4 is 15.8 Å². The molecule has 5 heteroatoms. The quantitative estimate of drug-likeness (QED) is 0.814. The van der Waals surface area contributed by atoms with E-state index in [1.807, 2.05) is 18.2 Å². The van der Waals surface area contributed by atoms with E-state index in [0.717, 1.165) is 22.2 Å². The summed E-state index contributed by atoms with van der Waals surface area (Å²) in [5.74, 6) is 0.459. The molecule has 0 aromatic heterocycles. The minimum Gasteiger partial charge on any atom is -0.496 e. The van der Waals surface area contributed by atoms with Crippen molar-refractivity contribution in [2.24, 2.45) is 0 Å². The minimum atomic E-state index is -0.332.